The van der Waals surface area contributed by atoms with Crippen molar-refractivity contribution >= 4 is 38.2 Å². The number of carbonyl (C=O) groups excluding carboxylic acids is 1. The number of pyridine rings is 1. The molecule has 178 valence electrons. The van der Waals surface area contributed by atoms with Gasteiger partial charge in [0.1, 0.15) is 13.2 Å². The molecular formula is C25H21N3O6S. The molecule has 10 heteroatoms. The number of ether oxygens (including phenoxy) is 2. The van der Waals surface area contributed by atoms with Gasteiger partial charge in [0.05, 0.1) is 16.0 Å². The summed E-state index contributed by atoms with van der Waals surface area (Å²) in [7, 11) is -2.22. The number of fused-ring (bicyclic) bond motifs is 2. The lowest BCUT2D eigenvalue weighted by Gasteiger charge is -2.19. The maximum absolute atomic E-state index is 12.9. The Morgan fingerprint density at radius 3 is 2.34 bits per heavy atom. The number of aryl methyl sites for hydroxylation is 1. The highest BCUT2D eigenvalue weighted by molar-refractivity contribution is 7.92. The highest BCUT2D eigenvalue weighted by atomic mass is 32.2. The molecule has 2 N–H and O–H groups in total. The van der Waals surface area contributed by atoms with E-state index in [0.29, 0.717) is 47.0 Å². The molecule has 1 aromatic heterocycles. The first-order valence-electron chi connectivity index (χ1n) is 10.7. The van der Waals surface area contributed by atoms with E-state index in [4.69, 9.17) is 9.47 Å². The Hall–Kier alpha value is -4.31. The number of nitrogens with one attached hydrogen (secondary N) is 2. The molecule has 0 fully saturated rings. The lowest BCUT2D eigenvalue weighted by Crippen LogP contribution is -2.21. The Labute approximate surface area is 201 Å². The Bertz CT molecular complexity index is 1610. The Morgan fingerprint density at radius 1 is 0.886 bits per heavy atom. The van der Waals surface area contributed by atoms with Crippen molar-refractivity contribution in [1.82, 2.24) is 4.57 Å². The third-order valence-electron chi connectivity index (χ3n) is 5.62. The number of para-hydroxylation sites is 1. The average Bonchev–Trinajstić information content (AvgIpc) is 2.87. The molecule has 0 radical (unpaired) electrons. The number of rotatable bonds is 5. The molecule has 5 rings (SSSR count). The van der Waals surface area contributed by atoms with E-state index in [1.807, 2.05) is 0 Å². The van der Waals surface area contributed by atoms with E-state index in [1.165, 1.54) is 34.9 Å². The van der Waals surface area contributed by atoms with Crippen molar-refractivity contribution in [2.75, 3.05) is 23.3 Å². The van der Waals surface area contributed by atoms with Gasteiger partial charge in [0.2, 0.25) is 0 Å². The number of aromatic nitrogens is 1. The standard InChI is InChI=1S/C25H21N3O6S/c1-28-21-5-3-2-4-19(21)20(15-24(28)29)25(30)26-16-6-8-17(9-7-16)27-35(31,32)18-10-11-22-23(14-18)34-13-12-33-22/h2-11,14-15,27H,12-13H2,1H3,(H,26,30). The summed E-state index contributed by atoms with van der Waals surface area (Å²) in [6.07, 6.45) is 0. The van der Waals surface area contributed by atoms with Gasteiger partial charge >= 0.3 is 0 Å². The number of nitrogens with zero attached hydrogens (tertiary/aromatic N) is 1. The van der Waals surface area contributed by atoms with Crippen LogP contribution < -0.4 is 25.1 Å². The quantitative estimate of drug-likeness (QED) is 0.442. The topological polar surface area (TPSA) is 116 Å². The number of amides is 1. The van der Waals surface area contributed by atoms with Crippen LogP contribution in [-0.2, 0) is 17.1 Å². The molecule has 35 heavy (non-hydrogen) atoms. The average molecular weight is 492 g/mol. The maximum atomic E-state index is 12.9. The predicted molar refractivity (Wildman–Crippen MR) is 132 cm³/mol. The van der Waals surface area contributed by atoms with Crippen LogP contribution in [0.2, 0.25) is 0 Å². The zero-order chi connectivity index (χ0) is 24.6. The van der Waals surface area contributed by atoms with Gasteiger partial charge in [-0.25, -0.2) is 8.42 Å². The van der Waals surface area contributed by atoms with Gasteiger partial charge in [-0.2, -0.15) is 0 Å². The number of hydrogen-bond donors (Lipinski definition) is 2. The maximum Gasteiger partial charge on any atom is 0.262 e. The summed E-state index contributed by atoms with van der Waals surface area (Å²) in [4.78, 5) is 25.2. The van der Waals surface area contributed by atoms with Crippen molar-refractivity contribution in [2.24, 2.45) is 7.05 Å². The second kappa shape index (κ2) is 8.80. The molecule has 9 nitrogen and oxygen atoms in total. The van der Waals surface area contributed by atoms with Crippen LogP contribution in [0.5, 0.6) is 11.5 Å². The molecule has 1 aliphatic rings. The molecule has 0 saturated carbocycles. The summed E-state index contributed by atoms with van der Waals surface area (Å²) in [6.45, 7) is 0.766. The van der Waals surface area contributed by atoms with Crippen LogP contribution in [0.1, 0.15) is 10.4 Å². The summed E-state index contributed by atoms with van der Waals surface area (Å²) in [5.41, 5.74) is 1.37. The Balaban J connectivity index is 1.33. The van der Waals surface area contributed by atoms with E-state index in [1.54, 1.807) is 49.5 Å². The number of hydrogen-bond acceptors (Lipinski definition) is 6. The lowest BCUT2D eigenvalue weighted by molar-refractivity contribution is 0.102. The zero-order valence-electron chi connectivity index (χ0n) is 18.6. The minimum atomic E-state index is -3.87. The van der Waals surface area contributed by atoms with Gasteiger partial charge in [-0.1, -0.05) is 18.2 Å². The van der Waals surface area contributed by atoms with Crippen LogP contribution in [0.3, 0.4) is 0 Å². The Morgan fingerprint density at radius 2 is 1.57 bits per heavy atom. The molecule has 0 aliphatic carbocycles. The van der Waals surface area contributed by atoms with Crippen molar-refractivity contribution in [3.8, 4) is 11.5 Å². The summed E-state index contributed by atoms with van der Waals surface area (Å²) < 4.78 is 40.5. The number of sulfonamides is 1. The summed E-state index contributed by atoms with van der Waals surface area (Å²) in [5.74, 6) is 0.434. The van der Waals surface area contributed by atoms with Crippen LogP contribution in [0.15, 0.2) is 82.5 Å². The first-order valence-corrected chi connectivity index (χ1v) is 12.2. The van der Waals surface area contributed by atoms with Crippen LogP contribution >= 0.6 is 0 Å². The van der Waals surface area contributed by atoms with Crippen molar-refractivity contribution in [2.45, 2.75) is 4.90 Å². The monoisotopic (exact) mass is 491 g/mol. The molecule has 4 aromatic rings. The van der Waals surface area contributed by atoms with Gasteiger partial charge in [0.25, 0.3) is 21.5 Å². The second-order valence-corrected chi connectivity index (χ2v) is 9.60. The highest BCUT2D eigenvalue weighted by Crippen LogP contribution is 2.32. The van der Waals surface area contributed by atoms with Crippen LogP contribution in [-0.4, -0.2) is 32.1 Å². The van der Waals surface area contributed by atoms with Crippen LogP contribution in [0, 0.1) is 0 Å². The zero-order valence-corrected chi connectivity index (χ0v) is 19.5. The van der Waals surface area contributed by atoms with Gasteiger partial charge < -0.3 is 19.4 Å². The first kappa shape index (κ1) is 22.5. The third kappa shape index (κ3) is 4.43. The number of carbonyl (C=O) groups is 1. The van der Waals surface area contributed by atoms with E-state index < -0.39 is 15.9 Å². The molecule has 0 unspecified atom stereocenters. The van der Waals surface area contributed by atoms with Crippen molar-refractivity contribution in [3.05, 3.63) is 88.7 Å². The lowest BCUT2D eigenvalue weighted by atomic mass is 10.1. The second-order valence-electron chi connectivity index (χ2n) is 7.91. The van der Waals surface area contributed by atoms with Gasteiger partial charge in [0.15, 0.2) is 11.5 Å². The van der Waals surface area contributed by atoms with E-state index in [0.717, 1.165) is 0 Å². The highest BCUT2D eigenvalue weighted by Gasteiger charge is 2.20. The fraction of sp³-hybridized carbons (Fsp3) is 0.120. The molecule has 3 aromatic carbocycles. The summed E-state index contributed by atoms with van der Waals surface area (Å²) in [5, 5.41) is 3.41. The molecule has 2 heterocycles. The number of anilines is 2. The molecule has 0 atom stereocenters. The van der Waals surface area contributed by atoms with Gasteiger partial charge in [-0.15, -0.1) is 0 Å². The van der Waals surface area contributed by atoms with Crippen LogP contribution in [0.25, 0.3) is 10.9 Å². The number of benzene rings is 3. The van der Waals surface area contributed by atoms with Crippen LogP contribution in [0.4, 0.5) is 11.4 Å². The third-order valence-corrected chi connectivity index (χ3v) is 7.00. The SMILES string of the molecule is Cn1c(=O)cc(C(=O)Nc2ccc(NS(=O)(=O)c3ccc4c(c3)OCCO4)cc2)c2ccccc21. The van der Waals surface area contributed by atoms with E-state index in [2.05, 4.69) is 10.0 Å². The predicted octanol–water partition coefficient (Wildman–Crippen LogP) is 3.36. The van der Waals surface area contributed by atoms with Crippen molar-refractivity contribution in [3.63, 3.8) is 0 Å². The molecular weight excluding hydrogens is 470 g/mol. The first-order chi connectivity index (χ1) is 16.8. The molecule has 0 bridgehead atoms. The molecule has 1 amide bonds. The molecule has 1 aliphatic heterocycles. The largest absolute Gasteiger partial charge is 0.486 e. The van der Waals surface area contributed by atoms with Gasteiger partial charge in [0, 0.05) is 35.9 Å². The normalized spacial score (nSPS) is 12.8. The fourth-order valence-electron chi connectivity index (χ4n) is 3.82. The Kier molecular flexibility index (Phi) is 5.65. The van der Waals surface area contributed by atoms with Gasteiger partial charge in [-0.3, -0.25) is 14.3 Å². The smallest absolute Gasteiger partial charge is 0.262 e. The molecule has 0 saturated heterocycles. The molecule has 0 spiro atoms. The van der Waals surface area contributed by atoms with Crippen molar-refractivity contribution < 1.29 is 22.7 Å². The van der Waals surface area contributed by atoms with E-state index >= 15 is 0 Å². The van der Waals surface area contributed by atoms with E-state index in [9.17, 15) is 18.0 Å². The fourth-order valence-corrected chi connectivity index (χ4v) is 4.90. The van der Waals surface area contributed by atoms with E-state index in [-0.39, 0.29) is 16.0 Å². The van der Waals surface area contributed by atoms with Crippen molar-refractivity contribution in [1.29, 1.82) is 0 Å². The summed E-state index contributed by atoms with van der Waals surface area (Å²) in [6, 6.07) is 19.1. The minimum Gasteiger partial charge on any atom is -0.486 e. The minimum absolute atomic E-state index is 0.0386. The van der Waals surface area contributed by atoms with Gasteiger partial charge in [-0.05, 0) is 42.5 Å². The summed E-state index contributed by atoms with van der Waals surface area (Å²) >= 11 is 0.